The van der Waals surface area contributed by atoms with Crippen LogP contribution in [0.2, 0.25) is 0 Å². The third-order valence-corrected chi connectivity index (χ3v) is 4.43. The molecule has 0 saturated heterocycles. The monoisotopic (exact) mass is 285 g/mol. The first-order chi connectivity index (χ1) is 8.87. The molecule has 1 heterocycles. The van der Waals surface area contributed by atoms with E-state index in [1.165, 1.54) is 10.5 Å². The van der Waals surface area contributed by atoms with Crippen LogP contribution in [0.5, 0.6) is 0 Å². The third-order valence-electron chi connectivity index (χ3n) is 2.62. The van der Waals surface area contributed by atoms with Crippen LogP contribution in [0.4, 0.5) is 5.82 Å². The van der Waals surface area contributed by atoms with Gasteiger partial charge in [-0.3, -0.25) is 0 Å². The molecule has 6 heteroatoms. The van der Waals surface area contributed by atoms with Gasteiger partial charge in [0.05, 0.1) is 0 Å². The van der Waals surface area contributed by atoms with Crippen molar-refractivity contribution < 1.29 is 8.42 Å². The molecule has 108 valence electrons. The van der Waals surface area contributed by atoms with Crippen LogP contribution in [0.25, 0.3) is 0 Å². The van der Waals surface area contributed by atoms with E-state index in [4.69, 9.17) is 0 Å². The molecule has 1 rings (SSSR count). The largest absolute Gasteiger partial charge is 0.370 e. The molecule has 1 aromatic heterocycles. The van der Waals surface area contributed by atoms with Crippen molar-refractivity contribution in [3.63, 3.8) is 0 Å². The van der Waals surface area contributed by atoms with Gasteiger partial charge in [0.2, 0.25) is 10.0 Å². The predicted octanol–water partition coefficient (Wildman–Crippen LogP) is 2.18. The molecule has 5 nitrogen and oxygen atoms in total. The zero-order valence-corrected chi connectivity index (χ0v) is 12.9. The first kappa shape index (κ1) is 15.9. The van der Waals surface area contributed by atoms with Crippen molar-refractivity contribution in [3.8, 4) is 0 Å². The fraction of sp³-hybridized carbons (Fsp3) is 0.615. The maximum atomic E-state index is 12.3. The Morgan fingerprint density at radius 1 is 1.37 bits per heavy atom. The molecule has 0 saturated carbocycles. The molecule has 19 heavy (non-hydrogen) atoms. The van der Waals surface area contributed by atoms with Gasteiger partial charge in [0, 0.05) is 26.3 Å². The summed E-state index contributed by atoms with van der Waals surface area (Å²) in [7, 11) is -1.83. The summed E-state index contributed by atoms with van der Waals surface area (Å²) in [5.41, 5.74) is 0. The Bertz CT molecular complexity index is 483. The predicted molar refractivity (Wildman–Crippen MR) is 77.7 cm³/mol. The van der Waals surface area contributed by atoms with Crippen LogP contribution >= 0.6 is 0 Å². The van der Waals surface area contributed by atoms with Crippen LogP contribution in [-0.2, 0) is 10.0 Å². The number of sulfonamides is 1. The Balaban J connectivity index is 2.84. The van der Waals surface area contributed by atoms with Crippen molar-refractivity contribution in [1.29, 1.82) is 0 Å². The molecule has 0 atom stereocenters. The van der Waals surface area contributed by atoms with Gasteiger partial charge >= 0.3 is 0 Å². The number of pyridine rings is 1. The Morgan fingerprint density at radius 2 is 2.05 bits per heavy atom. The summed E-state index contributed by atoms with van der Waals surface area (Å²) in [4.78, 5) is 4.36. The number of nitrogens with zero attached hydrogens (tertiary/aromatic N) is 2. The average Bonchev–Trinajstić information content (AvgIpc) is 2.36. The first-order valence-electron chi connectivity index (χ1n) is 6.54. The molecule has 0 fully saturated rings. The highest BCUT2D eigenvalue weighted by Crippen LogP contribution is 2.16. The van der Waals surface area contributed by atoms with Crippen molar-refractivity contribution in [2.45, 2.75) is 32.1 Å². The van der Waals surface area contributed by atoms with Crippen LogP contribution in [0, 0.1) is 5.92 Å². The SMILES string of the molecule is CCCNc1ccc(S(=O)(=O)N(C)CC(C)C)cn1. The minimum Gasteiger partial charge on any atom is -0.370 e. The second-order valence-corrected chi connectivity index (χ2v) is 7.03. The summed E-state index contributed by atoms with van der Waals surface area (Å²) >= 11 is 0. The normalized spacial score (nSPS) is 12.1. The number of aromatic nitrogens is 1. The maximum absolute atomic E-state index is 12.3. The van der Waals surface area contributed by atoms with E-state index in [1.54, 1.807) is 19.2 Å². The van der Waals surface area contributed by atoms with Crippen LogP contribution in [0.3, 0.4) is 0 Å². The van der Waals surface area contributed by atoms with E-state index >= 15 is 0 Å². The lowest BCUT2D eigenvalue weighted by Gasteiger charge is -2.19. The highest BCUT2D eigenvalue weighted by molar-refractivity contribution is 7.89. The van der Waals surface area contributed by atoms with Crippen molar-refractivity contribution >= 4 is 15.8 Å². The lowest BCUT2D eigenvalue weighted by Crippen LogP contribution is -2.30. The zero-order valence-electron chi connectivity index (χ0n) is 12.0. The quantitative estimate of drug-likeness (QED) is 0.834. The van der Waals surface area contributed by atoms with Gasteiger partial charge in [0.25, 0.3) is 0 Å². The Morgan fingerprint density at radius 3 is 2.53 bits per heavy atom. The summed E-state index contributed by atoms with van der Waals surface area (Å²) < 4.78 is 25.9. The third kappa shape index (κ3) is 4.47. The van der Waals surface area contributed by atoms with Gasteiger partial charge in [-0.1, -0.05) is 20.8 Å². The van der Waals surface area contributed by atoms with Gasteiger partial charge in [0.15, 0.2) is 0 Å². The lowest BCUT2D eigenvalue weighted by molar-refractivity contribution is 0.417. The van der Waals surface area contributed by atoms with Crippen LogP contribution in [0.15, 0.2) is 23.2 Å². The standard InChI is InChI=1S/C13H23N3O2S/c1-5-8-14-13-7-6-12(9-15-13)19(17,18)16(4)10-11(2)3/h6-7,9,11H,5,8,10H2,1-4H3,(H,14,15). The number of hydrogen-bond donors (Lipinski definition) is 1. The van der Waals surface area contributed by atoms with E-state index in [-0.39, 0.29) is 4.90 Å². The molecular formula is C13H23N3O2S. The van der Waals surface area contributed by atoms with Crippen molar-refractivity contribution in [3.05, 3.63) is 18.3 Å². The molecule has 0 aromatic carbocycles. The fourth-order valence-electron chi connectivity index (χ4n) is 1.68. The van der Waals surface area contributed by atoms with Gasteiger partial charge < -0.3 is 5.32 Å². The Labute approximate surface area is 116 Å². The van der Waals surface area contributed by atoms with Crippen LogP contribution in [-0.4, -0.2) is 37.8 Å². The maximum Gasteiger partial charge on any atom is 0.244 e. The molecular weight excluding hydrogens is 262 g/mol. The number of anilines is 1. The van der Waals surface area contributed by atoms with Crippen molar-refractivity contribution in [1.82, 2.24) is 9.29 Å². The summed E-state index contributed by atoms with van der Waals surface area (Å²) in [6.07, 6.45) is 2.41. The minimum atomic E-state index is -3.43. The Hall–Kier alpha value is -1.14. The van der Waals surface area contributed by atoms with Gasteiger partial charge in [0.1, 0.15) is 10.7 Å². The summed E-state index contributed by atoms with van der Waals surface area (Å²) in [5.74, 6) is 0.991. The number of hydrogen-bond acceptors (Lipinski definition) is 4. The van der Waals surface area contributed by atoms with Gasteiger partial charge in [-0.15, -0.1) is 0 Å². The fourth-order valence-corrected chi connectivity index (χ4v) is 2.96. The molecule has 1 aromatic rings. The van der Waals surface area contributed by atoms with Crippen molar-refractivity contribution in [2.75, 3.05) is 25.5 Å². The molecule has 0 aliphatic carbocycles. The van der Waals surface area contributed by atoms with Crippen LogP contribution in [0.1, 0.15) is 27.2 Å². The molecule has 0 aliphatic rings. The molecule has 1 N–H and O–H groups in total. The van der Waals surface area contributed by atoms with Gasteiger partial charge in [-0.05, 0) is 24.5 Å². The van der Waals surface area contributed by atoms with E-state index < -0.39 is 10.0 Å². The molecule has 0 aliphatic heterocycles. The minimum absolute atomic E-state index is 0.234. The molecule has 0 spiro atoms. The average molecular weight is 285 g/mol. The van der Waals surface area contributed by atoms with E-state index in [0.29, 0.717) is 18.3 Å². The topological polar surface area (TPSA) is 62.3 Å². The van der Waals surface area contributed by atoms with Crippen molar-refractivity contribution in [2.24, 2.45) is 5.92 Å². The van der Waals surface area contributed by atoms with E-state index in [0.717, 1.165) is 13.0 Å². The first-order valence-corrected chi connectivity index (χ1v) is 7.98. The number of nitrogens with one attached hydrogen (secondary N) is 1. The zero-order chi connectivity index (χ0) is 14.5. The molecule has 0 amide bonds. The lowest BCUT2D eigenvalue weighted by atomic mass is 10.2. The van der Waals surface area contributed by atoms with Gasteiger partial charge in [-0.25, -0.2) is 17.7 Å². The summed E-state index contributed by atoms with van der Waals surface area (Å²) in [6, 6.07) is 3.29. The Kier molecular flexibility index (Phi) is 5.75. The molecule has 0 unspecified atom stereocenters. The van der Waals surface area contributed by atoms with E-state index in [9.17, 15) is 8.42 Å². The smallest absolute Gasteiger partial charge is 0.244 e. The van der Waals surface area contributed by atoms with E-state index in [2.05, 4.69) is 17.2 Å². The van der Waals surface area contributed by atoms with E-state index in [1.807, 2.05) is 13.8 Å². The summed E-state index contributed by atoms with van der Waals surface area (Å²) in [6.45, 7) is 7.36. The highest BCUT2D eigenvalue weighted by atomic mass is 32.2. The van der Waals surface area contributed by atoms with Gasteiger partial charge in [-0.2, -0.15) is 0 Å². The second-order valence-electron chi connectivity index (χ2n) is 4.99. The van der Waals surface area contributed by atoms with Crippen LogP contribution < -0.4 is 5.32 Å². The number of rotatable bonds is 7. The molecule has 0 radical (unpaired) electrons. The second kappa shape index (κ2) is 6.86. The molecule has 0 bridgehead atoms. The summed E-state index contributed by atoms with van der Waals surface area (Å²) in [5, 5.41) is 3.11. The highest BCUT2D eigenvalue weighted by Gasteiger charge is 2.21.